The Balaban J connectivity index is 1.13. The summed E-state index contributed by atoms with van der Waals surface area (Å²) in [6.07, 6.45) is 3.86. The second kappa shape index (κ2) is 12.7. The number of benzene rings is 2. The van der Waals surface area contributed by atoms with Gasteiger partial charge in [0, 0.05) is 54.9 Å². The van der Waals surface area contributed by atoms with Crippen molar-refractivity contribution in [2.45, 2.75) is 69.1 Å². The average Bonchev–Trinajstić information content (AvgIpc) is 3.96. The topological polar surface area (TPSA) is 142 Å². The number of carbonyl (C=O) groups is 1. The van der Waals surface area contributed by atoms with Crippen molar-refractivity contribution in [1.82, 2.24) is 34.5 Å². The first-order chi connectivity index (χ1) is 25.9. The Kier molecular flexibility index (Phi) is 8.22. The Labute approximate surface area is 317 Å². The number of anilines is 2. The van der Waals surface area contributed by atoms with Gasteiger partial charge >= 0.3 is 12.0 Å². The lowest BCUT2D eigenvalue weighted by molar-refractivity contribution is 0.0399. The summed E-state index contributed by atoms with van der Waals surface area (Å²) in [5.41, 5.74) is 5.15. The van der Waals surface area contributed by atoms with Gasteiger partial charge in [-0.3, -0.25) is 4.90 Å². The lowest BCUT2D eigenvalue weighted by Crippen LogP contribution is -2.64. The number of halogens is 4. The average molecular weight is 777 g/mol. The largest absolute Gasteiger partial charge is 0.461 e. The lowest BCUT2D eigenvalue weighted by atomic mass is 9.84. The second-order valence-electron chi connectivity index (χ2n) is 15.2. The Morgan fingerprint density at radius 2 is 2.02 bits per heavy atom. The summed E-state index contributed by atoms with van der Waals surface area (Å²) in [6, 6.07) is 5.83. The minimum Gasteiger partial charge on any atom is -0.461 e. The first-order valence-electron chi connectivity index (χ1n) is 18.0. The number of nitriles is 1. The van der Waals surface area contributed by atoms with Crippen molar-refractivity contribution >= 4 is 60.8 Å². The van der Waals surface area contributed by atoms with Gasteiger partial charge in [0.2, 0.25) is 0 Å². The van der Waals surface area contributed by atoms with Crippen molar-refractivity contribution in [3.8, 4) is 23.2 Å². The van der Waals surface area contributed by atoms with Gasteiger partial charge in [0.15, 0.2) is 11.6 Å². The number of alkyl halides is 1. The van der Waals surface area contributed by atoms with E-state index in [9.17, 15) is 18.8 Å². The number of aromatic nitrogens is 5. The van der Waals surface area contributed by atoms with Crippen molar-refractivity contribution < 1.29 is 22.7 Å². The van der Waals surface area contributed by atoms with Gasteiger partial charge in [-0.2, -0.15) is 19.9 Å². The number of likely N-dealkylation sites (tertiary alicyclic amines) is 1. The van der Waals surface area contributed by atoms with Gasteiger partial charge in [-0.25, -0.2) is 22.9 Å². The number of hydrogen-bond acceptors (Lipinski definition) is 11. The van der Waals surface area contributed by atoms with Crippen LogP contribution in [0.2, 0.25) is 5.02 Å². The molecule has 2 N–H and O–H groups in total. The van der Waals surface area contributed by atoms with Crippen molar-refractivity contribution in [2.24, 2.45) is 0 Å². The van der Waals surface area contributed by atoms with Gasteiger partial charge in [-0.15, -0.1) is 16.4 Å². The first-order valence-corrected chi connectivity index (χ1v) is 19.2. The number of nitrogen functional groups attached to an aromatic ring is 1. The highest BCUT2D eigenvalue weighted by Gasteiger charge is 2.53. The van der Waals surface area contributed by atoms with Crippen molar-refractivity contribution in [3.63, 3.8) is 0 Å². The van der Waals surface area contributed by atoms with E-state index in [1.165, 1.54) is 23.1 Å². The van der Waals surface area contributed by atoms with Crippen molar-refractivity contribution in [2.75, 3.05) is 50.0 Å². The van der Waals surface area contributed by atoms with Crippen LogP contribution in [0.4, 0.5) is 28.8 Å². The summed E-state index contributed by atoms with van der Waals surface area (Å²) in [6.45, 7) is 6.59. The number of fused-ring (bicyclic) bond motifs is 3. The van der Waals surface area contributed by atoms with Gasteiger partial charge in [0.25, 0.3) is 0 Å². The molecule has 1 spiro atoms. The molecule has 0 radical (unpaired) electrons. The fourth-order valence-corrected chi connectivity index (χ4v) is 10.2. The van der Waals surface area contributed by atoms with Gasteiger partial charge < -0.3 is 20.3 Å². The van der Waals surface area contributed by atoms with E-state index >= 15 is 4.39 Å². The zero-order valence-corrected chi connectivity index (χ0v) is 31.2. The third-order valence-electron chi connectivity index (χ3n) is 11.7. The summed E-state index contributed by atoms with van der Waals surface area (Å²) in [4.78, 5) is 33.3. The Morgan fingerprint density at radius 1 is 1.20 bits per heavy atom. The van der Waals surface area contributed by atoms with Crippen LogP contribution in [-0.4, -0.2) is 97.1 Å². The minimum absolute atomic E-state index is 0.00187. The van der Waals surface area contributed by atoms with Gasteiger partial charge in [0.1, 0.15) is 47.3 Å². The number of thiophene rings is 1. The molecule has 0 aliphatic carbocycles. The molecule has 1 amide bonds. The molecule has 12 nitrogen and oxygen atoms in total. The molecule has 54 heavy (non-hydrogen) atoms. The quantitative estimate of drug-likeness (QED) is 0.194. The maximum atomic E-state index is 17.2. The van der Waals surface area contributed by atoms with Crippen LogP contribution in [0.3, 0.4) is 0 Å². The molecule has 0 saturated carbocycles. The number of nitrogens with two attached hydrogens (primary N) is 1. The van der Waals surface area contributed by atoms with E-state index in [0.29, 0.717) is 56.0 Å². The highest BCUT2D eigenvalue weighted by molar-refractivity contribution is 7.23. The van der Waals surface area contributed by atoms with Crippen LogP contribution in [0.5, 0.6) is 6.01 Å². The molecule has 2 aromatic carbocycles. The van der Waals surface area contributed by atoms with E-state index in [-0.39, 0.29) is 66.9 Å². The summed E-state index contributed by atoms with van der Waals surface area (Å²) >= 11 is 7.82. The number of carbonyl (C=O) groups excluding carboxylic acids is 1. The maximum Gasteiger partial charge on any atom is 0.346 e. The van der Waals surface area contributed by atoms with Gasteiger partial charge in [-0.1, -0.05) is 31.5 Å². The van der Waals surface area contributed by atoms with Gasteiger partial charge in [-0.05, 0) is 49.9 Å². The summed E-state index contributed by atoms with van der Waals surface area (Å²) in [5.74, 6) is -0.381. The molecule has 4 fully saturated rings. The number of hydrogen-bond donors (Lipinski definition) is 1. The minimum atomic E-state index is -0.968. The van der Waals surface area contributed by atoms with E-state index in [0.717, 1.165) is 37.1 Å². The Bertz CT molecular complexity index is 2420. The van der Waals surface area contributed by atoms with E-state index in [1.807, 2.05) is 24.8 Å². The maximum absolute atomic E-state index is 17.2. The highest BCUT2D eigenvalue weighted by atomic mass is 35.5. The number of ether oxygens (including phenoxy) is 1. The predicted molar refractivity (Wildman–Crippen MR) is 199 cm³/mol. The normalized spacial score (nSPS) is 23.9. The smallest absolute Gasteiger partial charge is 0.346 e. The Morgan fingerprint density at radius 3 is 2.76 bits per heavy atom. The van der Waals surface area contributed by atoms with Crippen LogP contribution >= 0.6 is 22.9 Å². The van der Waals surface area contributed by atoms with Crippen molar-refractivity contribution in [3.05, 3.63) is 52.6 Å². The molecule has 7 heterocycles. The van der Waals surface area contributed by atoms with Gasteiger partial charge in [0.05, 0.1) is 26.4 Å². The standard InChI is InChI=1S/C37H36ClF3N10O2S/c1-19(2)32-44-18-51(47-32)35(52)50-11-8-36(50)7-10-48(16-36)33-22-12-24(38)27(21-4-5-25(40)30-26(21)23(14-42)31(43)54-30)28(41)29(22)45-34(46-33)53-17-37-6-3-9-49(37)15-20(39)13-37/h4-5,12,18-20H,3,6-11,13,15-17,43H2,1-2H3/t20-,36?,37?/m1/s1. The fourth-order valence-electron chi connectivity index (χ4n) is 8.93. The summed E-state index contributed by atoms with van der Waals surface area (Å²) in [7, 11) is 0. The van der Waals surface area contributed by atoms with Crippen LogP contribution in [-0.2, 0) is 0 Å². The molecule has 0 bridgehead atoms. The number of nitrogens with zero attached hydrogens (tertiary/aromatic N) is 9. The lowest BCUT2D eigenvalue weighted by Gasteiger charge is -2.50. The number of amides is 1. The van der Waals surface area contributed by atoms with Crippen LogP contribution in [0, 0.1) is 23.0 Å². The molecule has 4 aliphatic heterocycles. The summed E-state index contributed by atoms with van der Waals surface area (Å²) < 4.78 is 54.5. The SMILES string of the molecule is CC(C)c1ncn(C(=O)N2CCC23CCN(c2nc(OCC45CCCN4C[C@H](F)C5)nc4c(F)c(-c5ccc(F)c6sc(N)c(C#N)c56)c(Cl)cc24)C3)n1. The van der Waals surface area contributed by atoms with Crippen LogP contribution in [0.25, 0.3) is 32.1 Å². The molecule has 3 atom stereocenters. The van der Waals surface area contributed by atoms with Crippen molar-refractivity contribution in [1.29, 1.82) is 5.26 Å². The van der Waals surface area contributed by atoms with Crippen LogP contribution in [0.15, 0.2) is 24.5 Å². The zero-order chi connectivity index (χ0) is 37.7. The molecule has 2 unspecified atom stereocenters. The van der Waals surface area contributed by atoms with Crippen LogP contribution in [0.1, 0.15) is 63.3 Å². The third-order valence-corrected chi connectivity index (χ3v) is 13.1. The zero-order valence-electron chi connectivity index (χ0n) is 29.6. The molecular weight excluding hydrogens is 741 g/mol. The molecule has 3 aromatic heterocycles. The fraction of sp³-hybridized carbons (Fsp3) is 0.459. The second-order valence-corrected chi connectivity index (χ2v) is 16.6. The molecule has 4 aliphatic rings. The predicted octanol–water partition coefficient (Wildman–Crippen LogP) is 6.89. The monoisotopic (exact) mass is 776 g/mol. The molecule has 17 heteroatoms. The van der Waals surface area contributed by atoms with Crippen LogP contribution < -0.4 is 15.4 Å². The third kappa shape index (κ3) is 5.30. The van der Waals surface area contributed by atoms with E-state index in [4.69, 9.17) is 27.1 Å². The molecule has 5 aromatic rings. The van der Waals surface area contributed by atoms with E-state index < -0.39 is 28.9 Å². The molecule has 9 rings (SSSR count). The first kappa shape index (κ1) is 35.0. The van der Waals surface area contributed by atoms with E-state index in [1.54, 1.807) is 11.0 Å². The summed E-state index contributed by atoms with van der Waals surface area (Å²) in [5, 5.41) is 14.9. The molecule has 4 saturated heterocycles. The Hall–Kier alpha value is -4.72. The molecule has 280 valence electrons. The number of rotatable bonds is 6. The molecular formula is C37H36ClF3N10O2S. The highest BCUT2D eigenvalue weighted by Crippen LogP contribution is 2.48. The van der Waals surface area contributed by atoms with E-state index in [2.05, 4.69) is 20.0 Å².